The molecule has 1 aromatic rings. The molecule has 1 unspecified atom stereocenters. The number of aliphatic carboxylic acids is 1. The molecule has 0 bridgehead atoms. The van der Waals surface area contributed by atoms with E-state index in [1.807, 2.05) is 13.0 Å². The summed E-state index contributed by atoms with van der Waals surface area (Å²) in [6.45, 7) is 2.10. The maximum atomic E-state index is 10.6. The number of anilines is 1. The lowest BCUT2D eigenvalue weighted by molar-refractivity contribution is -0.147. The summed E-state index contributed by atoms with van der Waals surface area (Å²) < 4.78 is 4.79. The summed E-state index contributed by atoms with van der Waals surface area (Å²) in [6.07, 6.45) is 0.832. The molecule has 0 aliphatic rings. The van der Waals surface area contributed by atoms with Gasteiger partial charge in [-0.15, -0.1) is 0 Å². The van der Waals surface area contributed by atoms with Crippen LogP contribution in [0, 0.1) is 6.92 Å². The molecule has 1 atom stereocenters. The first-order valence-corrected chi connectivity index (χ1v) is 4.55. The van der Waals surface area contributed by atoms with Crippen molar-refractivity contribution in [1.82, 2.24) is 4.98 Å². The van der Waals surface area contributed by atoms with Gasteiger partial charge in [-0.3, -0.25) is 4.98 Å². The first-order valence-electron chi connectivity index (χ1n) is 4.55. The zero-order chi connectivity index (χ0) is 11.3. The van der Waals surface area contributed by atoms with Gasteiger partial charge < -0.3 is 15.2 Å². The fourth-order valence-electron chi connectivity index (χ4n) is 1.14. The zero-order valence-electron chi connectivity index (χ0n) is 8.73. The number of aryl methyl sites for hydroxylation is 1. The summed E-state index contributed by atoms with van der Waals surface area (Å²) in [5.74, 6) is -0.976. The molecular weight excluding hydrogens is 196 g/mol. The van der Waals surface area contributed by atoms with Crippen LogP contribution in [0.15, 0.2) is 18.3 Å². The second kappa shape index (κ2) is 5.31. The summed E-state index contributed by atoms with van der Waals surface area (Å²) in [4.78, 5) is 14.7. The average molecular weight is 210 g/mol. The van der Waals surface area contributed by atoms with Crippen molar-refractivity contribution in [1.29, 1.82) is 0 Å². The Balaban J connectivity index is 2.52. The van der Waals surface area contributed by atoms with Crippen molar-refractivity contribution in [2.24, 2.45) is 0 Å². The van der Waals surface area contributed by atoms with Crippen LogP contribution in [-0.4, -0.2) is 35.8 Å². The topological polar surface area (TPSA) is 71.5 Å². The Labute approximate surface area is 88.1 Å². The fourth-order valence-corrected chi connectivity index (χ4v) is 1.14. The number of methoxy groups -OCH3 is 1. The summed E-state index contributed by atoms with van der Waals surface area (Å²) in [6, 6.07) is 3.62. The number of hydrogen-bond donors (Lipinski definition) is 2. The highest BCUT2D eigenvalue weighted by molar-refractivity contribution is 5.73. The van der Waals surface area contributed by atoms with Crippen LogP contribution in [0.1, 0.15) is 5.69 Å². The first-order chi connectivity index (χ1) is 7.13. The summed E-state index contributed by atoms with van der Waals surface area (Å²) in [5.41, 5.74) is 1.72. The van der Waals surface area contributed by atoms with Crippen LogP contribution in [0.3, 0.4) is 0 Å². The van der Waals surface area contributed by atoms with E-state index in [0.717, 1.165) is 11.4 Å². The third-order valence-electron chi connectivity index (χ3n) is 1.95. The summed E-state index contributed by atoms with van der Waals surface area (Å²) >= 11 is 0. The molecular formula is C10H14N2O3. The second-order valence-corrected chi connectivity index (χ2v) is 3.13. The molecule has 0 aliphatic heterocycles. The van der Waals surface area contributed by atoms with Crippen LogP contribution in [0.2, 0.25) is 0 Å². The smallest absolute Gasteiger partial charge is 0.334 e. The molecule has 0 aliphatic carbocycles. The van der Waals surface area contributed by atoms with Gasteiger partial charge in [0.15, 0.2) is 6.10 Å². The van der Waals surface area contributed by atoms with Gasteiger partial charge in [0.05, 0.1) is 6.54 Å². The highest BCUT2D eigenvalue weighted by Gasteiger charge is 2.15. The number of carboxylic acids is 1. The van der Waals surface area contributed by atoms with E-state index in [2.05, 4.69) is 10.3 Å². The number of rotatable bonds is 5. The third kappa shape index (κ3) is 3.55. The average Bonchev–Trinajstić information content (AvgIpc) is 2.18. The molecule has 5 nitrogen and oxygen atoms in total. The van der Waals surface area contributed by atoms with Gasteiger partial charge in [-0.05, 0) is 19.1 Å². The first kappa shape index (κ1) is 11.5. The molecule has 82 valence electrons. The van der Waals surface area contributed by atoms with Crippen LogP contribution in [-0.2, 0) is 9.53 Å². The minimum absolute atomic E-state index is 0.231. The van der Waals surface area contributed by atoms with E-state index in [0.29, 0.717) is 0 Å². The largest absolute Gasteiger partial charge is 0.479 e. The van der Waals surface area contributed by atoms with Gasteiger partial charge in [0.25, 0.3) is 0 Å². The normalized spacial score (nSPS) is 12.1. The highest BCUT2D eigenvalue weighted by atomic mass is 16.5. The molecule has 0 spiro atoms. The Kier molecular flexibility index (Phi) is 4.05. The quantitative estimate of drug-likeness (QED) is 0.755. The van der Waals surface area contributed by atoms with Crippen LogP contribution in [0.25, 0.3) is 0 Å². The monoisotopic (exact) mass is 210 g/mol. The number of carboxylic acid groups (broad SMARTS) is 1. The van der Waals surface area contributed by atoms with Gasteiger partial charge in [0.1, 0.15) is 0 Å². The van der Waals surface area contributed by atoms with Crippen molar-refractivity contribution in [3.63, 3.8) is 0 Å². The number of hydrogen-bond acceptors (Lipinski definition) is 4. The molecule has 0 amide bonds. The molecule has 2 N–H and O–H groups in total. The second-order valence-electron chi connectivity index (χ2n) is 3.13. The molecule has 0 saturated carbocycles. The van der Waals surface area contributed by atoms with Crippen molar-refractivity contribution in [2.75, 3.05) is 19.0 Å². The van der Waals surface area contributed by atoms with Crippen molar-refractivity contribution >= 4 is 11.7 Å². The van der Waals surface area contributed by atoms with Gasteiger partial charge in [-0.1, -0.05) is 0 Å². The van der Waals surface area contributed by atoms with Crippen molar-refractivity contribution in [2.45, 2.75) is 13.0 Å². The van der Waals surface area contributed by atoms with Gasteiger partial charge in [0, 0.05) is 24.7 Å². The lowest BCUT2D eigenvalue weighted by Crippen LogP contribution is -2.30. The van der Waals surface area contributed by atoms with Crippen LogP contribution in [0.5, 0.6) is 0 Å². The molecule has 1 heterocycles. The number of nitrogens with one attached hydrogen (secondary N) is 1. The Morgan fingerprint density at radius 3 is 3.00 bits per heavy atom. The van der Waals surface area contributed by atoms with E-state index in [1.165, 1.54) is 7.11 Å². The number of nitrogens with zero attached hydrogens (tertiary/aromatic N) is 1. The third-order valence-corrected chi connectivity index (χ3v) is 1.95. The SMILES string of the molecule is COC(CNc1ccnc(C)c1)C(=O)O. The maximum absolute atomic E-state index is 10.6. The zero-order valence-corrected chi connectivity index (χ0v) is 8.73. The minimum atomic E-state index is -0.976. The van der Waals surface area contributed by atoms with E-state index in [1.54, 1.807) is 12.3 Å². The maximum Gasteiger partial charge on any atom is 0.334 e. The predicted molar refractivity (Wildman–Crippen MR) is 55.9 cm³/mol. The molecule has 5 heteroatoms. The summed E-state index contributed by atoms with van der Waals surface area (Å²) in [7, 11) is 1.37. The Morgan fingerprint density at radius 2 is 2.47 bits per heavy atom. The van der Waals surface area contributed by atoms with Crippen LogP contribution < -0.4 is 5.32 Å². The van der Waals surface area contributed by atoms with Crippen molar-refractivity contribution in [3.8, 4) is 0 Å². The Bertz CT molecular complexity index is 341. The molecule has 0 aromatic carbocycles. The lowest BCUT2D eigenvalue weighted by atomic mass is 10.3. The molecule has 1 rings (SSSR count). The number of pyridine rings is 1. The minimum Gasteiger partial charge on any atom is -0.479 e. The van der Waals surface area contributed by atoms with Crippen molar-refractivity contribution < 1.29 is 14.6 Å². The van der Waals surface area contributed by atoms with E-state index in [9.17, 15) is 4.79 Å². The van der Waals surface area contributed by atoms with Crippen molar-refractivity contribution in [3.05, 3.63) is 24.0 Å². The van der Waals surface area contributed by atoms with E-state index in [-0.39, 0.29) is 6.54 Å². The van der Waals surface area contributed by atoms with Gasteiger partial charge in [-0.25, -0.2) is 4.79 Å². The molecule has 0 fully saturated rings. The lowest BCUT2D eigenvalue weighted by Gasteiger charge is -2.12. The van der Waals surface area contributed by atoms with E-state index < -0.39 is 12.1 Å². The Morgan fingerprint density at radius 1 is 1.73 bits per heavy atom. The van der Waals surface area contributed by atoms with E-state index >= 15 is 0 Å². The molecule has 15 heavy (non-hydrogen) atoms. The van der Waals surface area contributed by atoms with Gasteiger partial charge >= 0.3 is 5.97 Å². The number of aromatic nitrogens is 1. The number of ether oxygens (including phenoxy) is 1. The van der Waals surface area contributed by atoms with Crippen LogP contribution in [0.4, 0.5) is 5.69 Å². The standard InChI is InChI=1S/C10H14N2O3/c1-7-5-8(3-4-11-7)12-6-9(15-2)10(13)14/h3-5,9H,6H2,1-2H3,(H,11,12)(H,13,14). The molecule has 0 radical (unpaired) electrons. The van der Waals surface area contributed by atoms with E-state index in [4.69, 9.17) is 9.84 Å². The predicted octanol–water partition coefficient (Wildman–Crippen LogP) is 0.902. The van der Waals surface area contributed by atoms with Gasteiger partial charge in [-0.2, -0.15) is 0 Å². The highest BCUT2D eigenvalue weighted by Crippen LogP contribution is 2.07. The Hall–Kier alpha value is -1.62. The number of carbonyl (C=O) groups is 1. The van der Waals surface area contributed by atoms with Gasteiger partial charge in [0.2, 0.25) is 0 Å². The fraction of sp³-hybridized carbons (Fsp3) is 0.400. The molecule has 0 saturated heterocycles. The summed E-state index contributed by atoms with van der Waals surface area (Å²) in [5, 5.41) is 11.7. The van der Waals surface area contributed by atoms with Crippen LogP contribution >= 0.6 is 0 Å². The molecule has 1 aromatic heterocycles.